The lowest BCUT2D eigenvalue weighted by molar-refractivity contribution is 0.0590. The van der Waals surface area contributed by atoms with Gasteiger partial charge in [0.15, 0.2) is 0 Å². The molecule has 1 aromatic carbocycles. The topological polar surface area (TPSA) is 49.6 Å². The normalized spacial score (nSPS) is 15.3. The highest BCUT2D eigenvalue weighted by Gasteiger charge is 2.24. The number of rotatable bonds is 4. The van der Waals surface area contributed by atoms with Gasteiger partial charge in [-0.25, -0.2) is 0 Å². The van der Waals surface area contributed by atoms with E-state index in [1.54, 1.807) is 17.4 Å². The molecule has 0 bridgehead atoms. The molecule has 5 nitrogen and oxygen atoms in total. The molecule has 1 aliphatic heterocycles. The number of nitrogens with zero attached hydrogens (tertiary/aromatic N) is 3. The lowest BCUT2D eigenvalue weighted by Gasteiger charge is -2.33. The second-order valence-corrected chi connectivity index (χ2v) is 8.28. The van der Waals surface area contributed by atoms with E-state index < -0.39 is 0 Å². The van der Waals surface area contributed by atoms with Crippen LogP contribution in [0.5, 0.6) is 0 Å². The van der Waals surface area contributed by atoms with Gasteiger partial charge in [-0.3, -0.25) is 9.69 Å². The Bertz CT molecular complexity index is 944. The molecule has 2 aromatic heterocycles. The molecule has 1 saturated heterocycles. The summed E-state index contributed by atoms with van der Waals surface area (Å²) in [7, 11) is 0. The van der Waals surface area contributed by atoms with Gasteiger partial charge in [-0.15, -0.1) is 11.3 Å². The maximum Gasteiger partial charge on any atom is 0.292 e. The van der Waals surface area contributed by atoms with Gasteiger partial charge in [0.25, 0.3) is 5.91 Å². The van der Waals surface area contributed by atoms with Crippen molar-refractivity contribution < 1.29 is 9.32 Å². The van der Waals surface area contributed by atoms with Crippen LogP contribution in [0, 0.1) is 6.92 Å². The Morgan fingerprint density at radius 3 is 2.70 bits per heavy atom. The van der Waals surface area contributed by atoms with Gasteiger partial charge in [0.05, 0.1) is 5.69 Å². The van der Waals surface area contributed by atoms with Gasteiger partial charge < -0.3 is 9.42 Å². The lowest BCUT2D eigenvalue weighted by atomic mass is 10.2. The maximum atomic E-state index is 12.4. The average Bonchev–Trinajstić information content (AvgIpc) is 3.31. The summed E-state index contributed by atoms with van der Waals surface area (Å²) in [5, 5.41) is 4.55. The number of carbonyl (C=O) groups excluding carboxylic acids is 1. The first kappa shape index (κ1) is 18.2. The Morgan fingerprint density at radius 1 is 1.19 bits per heavy atom. The van der Waals surface area contributed by atoms with Gasteiger partial charge in [0.2, 0.25) is 5.76 Å². The smallest absolute Gasteiger partial charge is 0.292 e. The summed E-state index contributed by atoms with van der Waals surface area (Å²) in [6, 6.07) is 14.0. The molecular formula is C20H20ClN3O2S. The third-order valence-corrected chi connectivity index (χ3v) is 6.00. The van der Waals surface area contributed by atoms with E-state index in [9.17, 15) is 4.79 Å². The SMILES string of the molecule is Cc1cc(C(=O)N2CCN(Cc3ccc(-c4cccc(Cl)c4)s3)CC2)on1. The number of aromatic nitrogens is 1. The van der Waals surface area contributed by atoms with E-state index in [2.05, 4.69) is 28.3 Å². The van der Waals surface area contributed by atoms with Crippen LogP contribution in [-0.4, -0.2) is 47.0 Å². The van der Waals surface area contributed by atoms with Crippen molar-refractivity contribution in [2.75, 3.05) is 26.2 Å². The van der Waals surface area contributed by atoms with E-state index >= 15 is 0 Å². The molecule has 0 spiro atoms. The Labute approximate surface area is 167 Å². The third kappa shape index (κ3) is 4.24. The van der Waals surface area contributed by atoms with E-state index in [1.165, 1.54) is 9.75 Å². The van der Waals surface area contributed by atoms with Crippen molar-refractivity contribution in [3.63, 3.8) is 0 Å². The van der Waals surface area contributed by atoms with E-state index in [4.69, 9.17) is 16.1 Å². The molecule has 27 heavy (non-hydrogen) atoms. The Balaban J connectivity index is 1.34. The minimum absolute atomic E-state index is 0.0744. The van der Waals surface area contributed by atoms with Gasteiger partial charge in [0.1, 0.15) is 0 Å². The number of amides is 1. The van der Waals surface area contributed by atoms with Crippen LogP contribution in [-0.2, 0) is 6.54 Å². The predicted molar refractivity (Wildman–Crippen MR) is 107 cm³/mol. The van der Waals surface area contributed by atoms with Crippen LogP contribution in [0.3, 0.4) is 0 Å². The molecule has 1 aliphatic rings. The van der Waals surface area contributed by atoms with E-state index in [-0.39, 0.29) is 5.91 Å². The molecule has 0 atom stereocenters. The fourth-order valence-corrected chi connectivity index (χ4v) is 4.45. The van der Waals surface area contributed by atoms with Gasteiger partial charge in [0, 0.05) is 53.6 Å². The first-order valence-corrected chi connectivity index (χ1v) is 10.1. The van der Waals surface area contributed by atoms with E-state index in [0.717, 1.165) is 35.9 Å². The van der Waals surface area contributed by atoms with Crippen molar-refractivity contribution in [1.82, 2.24) is 15.0 Å². The molecule has 0 unspecified atom stereocenters. The van der Waals surface area contributed by atoms with Crippen molar-refractivity contribution in [3.8, 4) is 10.4 Å². The summed E-state index contributed by atoms with van der Waals surface area (Å²) in [6.07, 6.45) is 0. The number of thiophene rings is 1. The number of aryl methyl sites for hydroxylation is 1. The zero-order valence-corrected chi connectivity index (χ0v) is 16.6. The fraction of sp³-hybridized carbons (Fsp3) is 0.300. The van der Waals surface area contributed by atoms with Crippen LogP contribution < -0.4 is 0 Å². The molecule has 4 rings (SSSR count). The van der Waals surface area contributed by atoms with E-state index in [0.29, 0.717) is 18.8 Å². The molecule has 0 saturated carbocycles. The summed E-state index contributed by atoms with van der Waals surface area (Å²) in [4.78, 5) is 19.2. The summed E-state index contributed by atoms with van der Waals surface area (Å²) in [5.41, 5.74) is 1.88. The van der Waals surface area contributed by atoms with Gasteiger partial charge >= 0.3 is 0 Å². The zero-order valence-electron chi connectivity index (χ0n) is 15.0. The molecule has 3 aromatic rings. The molecular weight excluding hydrogens is 382 g/mol. The van der Waals surface area contributed by atoms with Gasteiger partial charge in [-0.2, -0.15) is 0 Å². The Morgan fingerprint density at radius 2 is 2.00 bits per heavy atom. The van der Waals surface area contributed by atoms with Crippen molar-refractivity contribution in [1.29, 1.82) is 0 Å². The van der Waals surface area contributed by atoms with Crippen LogP contribution in [0.1, 0.15) is 21.1 Å². The molecule has 0 radical (unpaired) electrons. The Hall–Kier alpha value is -2.15. The number of hydrogen-bond acceptors (Lipinski definition) is 5. The third-order valence-electron chi connectivity index (χ3n) is 4.65. The van der Waals surface area contributed by atoms with Crippen molar-refractivity contribution >= 4 is 28.8 Å². The zero-order chi connectivity index (χ0) is 18.8. The maximum absolute atomic E-state index is 12.4. The molecule has 7 heteroatoms. The molecule has 0 aliphatic carbocycles. The summed E-state index contributed by atoms with van der Waals surface area (Å²) < 4.78 is 5.09. The summed E-state index contributed by atoms with van der Waals surface area (Å²) in [5.74, 6) is 0.250. The summed E-state index contributed by atoms with van der Waals surface area (Å²) >= 11 is 7.89. The predicted octanol–water partition coefficient (Wildman–Crippen LogP) is 4.32. The van der Waals surface area contributed by atoms with Crippen LogP contribution in [0.4, 0.5) is 0 Å². The first-order chi connectivity index (χ1) is 13.1. The summed E-state index contributed by atoms with van der Waals surface area (Å²) in [6.45, 7) is 5.81. The average molecular weight is 402 g/mol. The number of carbonyl (C=O) groups is 1. The van der Waals surface area contributed by atoms with Crippen molar-refractivity contribution in [2.45, 2.75) is 13.5 Å². The Kier molecular flexibility index (Phi) is 5.29. The quantitative estimate of drug-likeness (QED) is 0.653. The molecule has 0 N–H and O–H groups in total. The van der Waals surface area contributed by atoms with Crippen LogP contribution >= 0.6 is 22.9 Å². The van der Waals surface area contributed by atoms with Gasteiger partial charge in [-0.1, -0.05) is 28.9 Å². The highest BCUT2D eigenvalue weighted by molar-refractivity contribution is 7.15. The lowest BCUT2D eigenvalue weighted by Crippen LogP contribution is -2.48. The largest absolute Gasteiger partial charge is 0.351 e. The van der Waals surface area contributed by atoms with Crippen LogP contribution in [0.15, 0.2) is 47.0 Å². The minimum atomic E-state index is -0.0744. The highest BCUT2D eigenvalue weighted by atomic mass is 35.5. The number of halogens is 1. The minimum Gasteiger partial charge on any atom is -0.351 e. The van der Waals surface area contributed by atoms with E-state index in [1.807, 2.05) is 30.0 Å². The number of piperazine rings is 1. The molecule has 140 valence electrons. The van der Waals surface area contributed by atoms with Crippen LogP contribution in [0.2, 0.25) is 5.02 Å². The van der Waals surface area contributed by atoms with Crippen molar-refractivity contribution in [2.24, 2.45) is 0 Å². The second-order valence-electron chi connectivity index (χ2n) is 6.68. The second kappa shape index (κ2) is 7.84. The molecule has 1 amide bonds. The van der Waals surface area contributed by atoms with Gasteiger partial charge in [-0.05, 0) is 36.8 Å². The highest BCUT2D eigenvalue weighted by Crippen LogP contribution is 2.30. The standard InChI is InChI=1S/C20H20ClN3O2S/c1-14-11-18(26-22-14)20(25)24-9-7-23(8-10-24)13-17-5-6-19(27-17)15-3-2-4-16(21)12-15/h2-6,11-12H,7-10,13H2,1H3. The van der Waals surface area contributed by atoms with Crippen LogP contribution in [0.25, 0.3) is 10.4 Å². The number of hydrogen-bond donors (Lipinski definition) is 0. The number of benzene rings is 1. The van der Waals surface area contributed by atoms with Crippen molar-refractivity contribution in [3.05, 3.63) is 63.8 Å². The molecule has 1 fully saturated rings. The fourth-order valence-electron chi connectivity index (χ4n) is 3.21. The monoisotopic (exact) mass is 401 g/mol. The first-order valence-electron chi connectivity index (χ1n) is 8.88. The molecule has 3 heterocycles.